The lowest BCUT2D eigenvalue weighted by Crippen LogP contribution is -2.53. The van der Waals surface area contributed by atoms with Gasteiger partial charge >= 0.3 is 6.09 Å². The Bertz CT molecular complexity index is 372. The van der Waals surface area contributed by atoms with Crippen molar-refractivity contribution in [3.63, 3.8) is 0 Å². The van der Waals surface area contributed by atoms with Gasteiger partial charge in [0.05, 0.1) is 5.60 Å². The van der Waals surface area contributed by atoms with Crippen molar-refractivity contribution >= 4 is 6.09 Å². The Kier molecular flexibility index (Phi) is 5.43. The molecule has 0 heterocycles. The standard InChI is InChI=1S/C15H26N2O3/c1-6-7-12(20-13(18)17-14(2,3)4)10-16-11-8-15(5,19)9-11/h1,11-12,16,19H,7-10H2,2-5H3,(H,17,18)/t11?,12-,15?/m1/s1. The van der Waals surface area contributed by atoms with Crippen LogP contribution in [0.4, 0.5) is 4.79 Å². The Labute approximate surface area is 121 Å². The van der Waals surface area contributed by atoms with Crippen molar-refractivity contribution in [2.45, 2.75) is 70.2 Å². The second-order valence-electron chi connectivity index (χ2n) is 6.82. The van der Waals surface area contributed by atoms with E-state index in [4.69, 9.17) is 11.2 Å². The maximum absolute atomic E-state index is 11.7. The highest BCUT2D eigenvalue weighted by Crippen LogP contribution is 2.31. The van der Waals surface area contributed by atoms with Gasteiger partial charge in [-0.2, -0.15) is 0 Å². The lowest BCUT2D eigenvalue weighted by Gasteiger charge is -2.41. The maximum Gasteiger partial charge on any atom is 0.407 e. The van der Waals surface area contributed by atoms with Crippen molar-refractivity contribution in [2.24, 2.45) is 0 Å². The normalized spacial score (nSPS) is 27.1. The van der Waals surface area contributed by atoms with Gasteiger partial charge in [-0.25, -0.2) is 4.79 Å². The Balaban J connectivity index is 2.33. The Morgan fingerprint density at radius 1 is 1.55 bits per heavy atom. The summed E-state index contributed by atoms with van der Waals surface area (Å²) in [7, 11) is 0. The van der Waals surface area contributed by atoms with Crippen LogP contribution in [0.15, 0.2) is 0 Å². The molecule has 1 aliphatic rings. The highest BCUT2D eigenvalue weighted by atomic mass is 16.6. The summed E-state index contributed by atoms with van der Waals surface area (Å²) >= 11 is 0. The summed E-state index contributed by atoms with van der Waals surface area (Å²) in [6, 6.07) is 0.263. The van der Waals surface area contributed by atoms with Crippen LogP contribution in [0.2, 0.25) is 0 Å². The predicted octanol–water partition coefficient (Wildman–Crippen LogP) is 1.41. The Morgan fingerprint density at radius 2 is 2.15 bits per heavy atom. The van der Waals surface area contributed by atoms with Crippen molar-refractivity contribution < 1.29 is 14.6 Å². The second kappa shape index (κ2) is 6.47. The van der Waals surface area contributed by atoms with Gasteiger partial charge in [0.25, 0.3) is 0 Å². The molecule has 1 amide bonds. The SMILES string of the molecule is C#CC[C@H](CNC1CC(C)(O)C1)OC(=O)NC(C)(C)C. The average Bonchev–Trinajstić information content (AvgIpc) is 2.20. The number of rotatable bonds is 5. The van der Waals surface area contributed by atoms with Gasteiger partial charge in [0.1, 0.15) is 6.10 Å². The third kappa shape index (κ3) is 6.27. The number of hydrogen-bond acceptors (Lipinski definition) is 4. The first-order valence-electron chi connectivity index (χ1n) is 6.99. The smallest absolute Gasteiger partial charge is 0.407 e. The molecule has 5 nitrogen and oxygen atoms in total. The molecule has 0 saturated heterocycles. The topological polar surface area (TPSA) is 70.6 Å². The van der Waals surface area contributed by atoms with Crippen LogP contribution < -0.4 is 10.6 Å². The fourth-order valence-electron chi connectivity index (χ4n) is 2.22. The largest absolute Gasteiger partial charge is 0.444 e. The van der Waals surface area contributed by atoms with Gasteiger partial charge in [0.15, 0.2) is 0 Å². The molecule has 0 spiro atoms. The van der Waals surface area contributed by atoms with Crippen LogP contribution >= 0.6 is 0 Å². The minimum atomic E-state index is -0.566. The Hall–Kier alpha value is -1.25. The molecule has 1 atom stereocenters. The average molecular weight is 282 g/mol. The molecule has 0 unspecified atom stereocenters. The van der Waals surface area contributed by atoms with Gasteiger partial charge in [-0.3, -0.25) is 0 Å². The van der Waals surface area contributed by atoms with Crippen molar-refractivity contribution in [1.82, 2.24) is 10.6 Å². The summed E-state index contributed by atoms with van der Waals surface area (Å²) in [5.74, 6) is 2.52. The van der Waals surface area contributed by atoms with Gasteiger partial charge in [0.2, 0.25) is 0 Å². The van der Waals surface area contributed by atoms with Crippen LogP contribution in [-0.2, 0) is 4.74 Å². The summed E-state index contributed by atoms with van der Waals surface area (Å²) in [6.45, 7) is 7.98. The van der Waals surface area contributed by atoms with Crippen LogP contribution in [0.1, 0.15) is 47.0 Å². The lowest BCUT2D eigenvalue weighted by atomic mass is 9.77. The quantitative estimate of drug-likeness (QED) is 0.667. The number of aliphatic hydroxyl groups is 1. The van der Waals surface area contributed by atoms with Crippen molar-refractivity contribution in [1.29, 1.82) is 0 Å². The lowest BCUT2D eigenvalue weighted by molar-refractivity contribution is -0.0415. The van der Waals surface area contributed by atoms with Crippen LogP contribution in [0.3, 0.4) is 0 Å². The van der Waals surface area contributed by atoms with Gasteiger partial charge in [-0.05, 0) is 40.5 Å². The molecule has 0 aromatic carbocycles. The molecule has 0 radical (unpaired) electrons. The van der Waals surface area contributed by atoms with Gasteiger partial charge in [0, 0.05) is 24.5 Å². The van der Waals surface area contributed by atoms with Crippen molar-refractivity contribution in [3.8, 4) is 12.3 Å². The van der Waals surface area contributed by atoms with E-state index in [0.29, 0.717) is 25.8 Å². The first-order valence-corrected chi connectivity index (χ1v) is 6.99. The first kappa shape index (κ1) is 16.8. The molecule has 0 aromatic heterocycles. The molecule has 1 fully saturated rings. The molecule has 20 heavy (non-hydrogen) atoms. The van der Waals surface area contributed by atoms with Crippen molar-refractivity contribution in [2.75, 3.05) is 6.54 Å². The van der Waals surface area contributed by atoms with Gasteiger partial charge in [-0.15, -0.1) is 12.3 Å². The minimum absolute atomic E-state index is 0.263. The fraction of sp³-hybridized carbons (Fsp3) is 0.800. The number of hydrogen-bond donors (Lipinski definition) is 3. The summed E-state index contributed by atoms with van der Waals surface area (Å²) in [5.41, 5.74) is -0.901. The van der Waals surface area contributed by atoms with E-state index in [1.807, 2.05) is 27.7 Å². The second-order valence-corrected chi connectivity index (χ2v) is 6.82. The number of carbonyl (C=O) groups is 1. The fourth-order valence-corrected chi connectivity index (χ4v) is 2.22. The van der Waals surface area contributed by atoms with E-state index in [1.54, 1.807) is 0 Å². The minimum Gasteiger partial charge on any atom is -0.444 e. The van der Waals surface area contributed by atoms with E-state index in [1.165, 1.54) is 0 Å². The zero-order valence-electron chi connectivity index (χ0n) is 12.8. The van der Waals surface area contributed by atoms with E-state index in [-0.39, 0.29) is 17.7 Å². The third-order valence-corrected chi connectivity index (χ3v) is 3.10. The monoisotopic (exact) mass is 282 g/mol. The third-order valence-electron chi connectivity index (χ3n) is 3.10. The van der Waals surface area contributed by atoms with Gasteiger partial charge in [-0.1, -0.05) is 0 Å². The van der Waals surface area contributed by atoms with Crippen LogP contribution in [-0.4, -0.2) is 41.0 Å². The van der Waals surface area contributed by atoms with E-state index in [2.05, 4.69) is 16.6 Å². The summed E-state index contributed by atoms with van der Waals surface area (Å²) in [4.78, 5) is 11.7. The zero-order valence-corrected chi connectivity index (χ0v) is 12.8. The summed E-state index contributed by atoms with van der Waals surface area (Å²) in [6.07, 6.45) is 6.28. The highest BCUT2D eigenvalue weighted by molar-refractivity contribution is 5.68. The number of carbonyl (C=O) groups excluding carboxylic acids is 1. The number of amides is 1. The molecular weight excluding hydrogens is 256 g/mol. The molecule has 0 aliphatic heterocycles. The highest BCUT2D eigenvalue weighted by Gasteiger charge is 2.38. The Morgan fingerprint density at radius 3 is 2.60 bits per heavy atom. The maximum atomic E-state index is 11.7. The van der Waals surface area contributed by atoms with E-state index in [9.17, 15) is 9.90 Å². The zero-order chi connectivity index (χ0) is 15.4. The summed E-state index contributed by atoms with van der Waals surface area (Å²) in [5, 5.41) is 15.7. The summed E-state index contributed by atoms with van der Waals surface area (Å²) < 4.78 is 5.32. The van der Waals surface area contributed by atoms with Crippen molar-refractivity contribution in [3.05, 3.63) is 0 Å². The van der Waals surface area contributed by atoms with E-state index >= 15 is 0 Å². The van der Waals surface area contributed by atoms with Crippen LogP contribution in [0, 0.1) is 12.3 Å². The first-order chi connectivity index (χ1) is 9.11. The molecule has 0 bridgehead atoms. The molecule has 1 saturated carbocycles. The van der Waals surface area contributed by atoms with E-state index in [0.717, 1.165) is 0 Å². The molecule has 5 heteroatoms. The number of alkyl carbamates (subject to hydrolysis) is 1. The molecular formula is C15H26N2O3. The number of nitrogens with one attached hydrogen (secondary N) is 2. The van der Waals surface area contributed by atoms with Crippen LogP contribution in [0.25, 0.3) is 0 Å². The molecule has 1 rings (SSSR count). The molecule has 114 valence electrons. The number of terminal acetylenes is 1. The molecule has 3 N–H and O–H groups in total. The number of ether oxygens (including phenoxy) is 1. The van der Waals surface area contributed by atoms with Gasteiger partial charge < -0.3 is 20.5 Å². The van der Waals surface area contributed by atoms with E-state index < -0.39 is 11.7 Å². The van der Waals surface area contributed by atoms with Crippen LogP contribution in [0.5, 0.6) is 0 Å². The molecule has 1 aliphatic carbocycles. The predicted molar refractivity (Wildman–Crippen MR) is 78.3 cm³/mol. The molecule has 0 aromatic rings.